The molecule has 0 aliphatic carbocycles. The van der Waals surface area contributed by atoms with E-state index in [9.17, 15) is 0 Å². The topological polar surface area (TPSA) is 33.1 Å². The lowest BCUT2D eigenvalue weighted by Crippen LogP contribution is -2.74. The number of para-hydroxylation sites is 1. The Bertz CT molecular complexity index is 4080. The molecule has 7 heteroatoms. The highest BCUT2D eigenvalue weighted by atomic mass is 28.3. The van der Waals surface area contributed by atoms with Crippen molar-refractivity contribution in [2.75, 3.05) is 0 Å². The molecule has 11 aromatic rings. The number of aromatic nitrogens is 2. The van der Waals surface area contributed by atoms with Crippen LogP contribution in [0.2, 0.25) is 0 Å². The van der Waals surface area contributed by atoms with Gasteiger partial charge >= 0.3 is 11.7 Å². The van der Waals surface area contributed by atoms with Gasteiger partial charge in [-0.05, 0) is 123 Å². The van der Waals surface area contributed by atoms with Crippen LogP contribution < -0.4 is 34.6 Å². The molecule has 0 spiro atoms. The Balaban J connectivity index is 1.02. The number of rotatable bonds is 10. The van der Waals surface area contributed by atoms with E-state index in [1.54, 1.807) is 12.1 Å². The maximum absolute atomic E-state index is 15.0. The molecule has 1 aliphatic heterocycles. The van der Waals surface area contributed by atoms with Gasteiger partial charge in [-0.3, -0.25) is 4.57 Å². The Morgan fingerprint density at radius 2 is 1.06 bits per heavy atom. The molecule has 0 unspecified atom stereocenters. The lowest BCUT2D eigenvalue weighted by Gasteiger charge is -2.34. The van der Waals surface area contributed by atoms with E-state index in [0.717, 1.165) is 61.5 Å². The predicted octanol–water partition coefficient (Wildman–Crippen LogP) is 15.9. The van der Waals surface area contributed by atoms with Gasteiger partial charge in [0.2, 0.25) is 11.4 Å². The van der Waals surface area contributed by atoms with Gasteiger partial charge in [0.15, 0.2) is 8.07 Å². The van der Waals surface area contributed by atoms with Crippen LogP contribution in [0.1, 0.15) is 79.0 Å². The van der Waals surface area contributed by atoms with Gasteiger partial charge in [-0.15, -0.1) is 0 Å². The van der Waals surface area contributed by atoms with E-state index >= 15 is 4.39 Å². The number of ether oxygens (including phenoxy) is 1. The van der Waals surface area contributed by atoms with E-state index < -0.39 is 8.07 Å². The third kappa shape index (κ3) is 9.33. The quantitative estimate of drug-likeness (QED) is 0.0777. The molecule has 0 N–H and O–H groups in total. The first-order valence-electron chi connectivity index (χ1n) is 27.4. The summed E-state index contributed by atoms with van der Waals surface area (Å²) >= 11 is 0. The zero-order valence-electron chi connectivity index (χ0n) is 46.5. The van der Waals surface area contributed by atoms with Crippen LogP contribution in [0.4, 0.5) is 27.1 Å². The minimum absolute atomic E-state index is 0.0935. The molecule has 0 bridgehead atoms. The van der Waals surface area contributed by atoms with Crippen molar-refractivity contribution in [3.8, 4) is 28.4 Å². The normalized spacial score (nSPS) is 12.9. The van der Waals surface area contributed by atoms with Gasteiger partial charge in [-0.2, -0.15) is 0 Å². The third-order valence-electron chi connectivity index (χ3n) is 15.7. The smallest absolute Gasteiger partial charge is 0.457 e. The summed E-state index contributed by atoms with van der Waals surface area (Å²) in [6, 6.07) is 83.2. The highest BCUT2D eigenvalue weighted by molar-refractivity contribution is 7.20. The van der Waals surface area contributed by atoms with E-state index in [2.05, 4.69) is 264 Å². The standard InChI is InChI=1S/C72H65FN4OSi/c1-70(2,3)50-38-39-74-68(44-50)77-65-37-35-61(79(58-26-13-10-14-27-58,59-28-15-11-16-29-59)60-30-17-12-18-31-60)47-64(65)63-36-34-57(46-67(63)77)78-56-25-20-24-54(45-56)75-48-76(55-42-51(71(4,5)6)41-52(43-55)72(7,8)9)69-62(32-21-33-66(69)75)49-22-19-23-53(73)40-49/h10-47H,1-9H3/q+2. The molecule has 0 amide bonds. The van der Waals surface area contributed by atoms with Crippen LogP contribution in [0.25, 0.3) is 38.8 Å². The third-order valence-corrected chi connectivity index (χ3v) is 20.4. The molecule has 0 saturated carbocycles. The molecule has 0 fully saturated rings. The van der Waals surface area contributed by atoms with Crippen molar-refractivity contribution in [1.29, 1.82) is 0 Å². The van der Waals surface area contributed by atoms with Gasteiger partial charge in [-0.25, -0.2) is 9.37 Å². The van der Waals surface area contributed by atoms with Crippen molar-refractivity contribution in [2.24, 2.45) is 0 Å². The number of hydrogen-bond acceptors (Lipinski definition) is 2. The van der Waals surface area contributed by atoms with Crippen molar-refractivity contribution >= 4 is 79.4 Å². The van der Waals surface area contributed by atoms with Crippen LogP contribution >= 0.6 is 0 Å². The largest absolute Gasteiger partial charge is 0.503 e. The summed E-state index contributed by atoms with van der Waals surface area (Å²) in [5, 5.41) is 7.52. The second-order valence-electron chi connectivity index (χ2n) is 24.1. The van der Waals surface area contributed by atoms with Crippen LogP contribution in [0.3, 0.4) is 0 Å². The van der Waals surface area contributed by atoms with E-state index in [-0.39, 0.29) is 22.1 Å². The van der Waals surface area contributed by atoms with Gasteiger partial charge in [0.25, 0.3) is 5.69 Å². The number of fused-ring (bicyclic) bond motifs is 4. The molecule has 9 aromatic carbocycles. The van der Waals surface area contributed by atoms with Crippen LogP contribution in [0.15, 0.2) is 231 Å². The Labute approximate surface area is 464 Å². The summed E-state index contributed by atoms with van der Waals surface area (Å²) in [6.45, 7) is 20.3. The molecular weight excluding hydrogens is 984 g/mol. The average Bonchev–Trinajstić information content (AvgIpc) is 4.26. The molecule has 79 heavy (non-hydrogen) atoms. The number of pyridine rings is 1. The van der Waals surface area contributed by atoms with Crippen LogP contribution in [-0.4, -0.2) is 23.6 Å². The first-order chi connectivity index (χ1) is 37.9. The molecular formula is C72H65FN4OSi+2. The summed E-state index contributed by atoms with van der Waals surface area (Å²) < 4.78 is 28.6. The summed E-state index contributed by atoms with van der Waals surface area (Å²) in [6.07, 6.45) is 1.93. The molecule has 0 radical (unpaired) electrons. The SMILES string of the molecule is CC(C)(C)c1cc([N+]2=C=[N+](c3cccc(Oc4ccc5c6cc([Si](c7ccccc7)(c7ccccc7)c7ccccc7)ccc6n(-c6cc(C(C)(C)C)ccn6)c5c4)c3)c3cccc(-c4cccc(F)c4)c32)cc(C(C)(C)C)c1. The van der Waals surface area contributed by atoms with Crippen LogP contribution in [0, 0.1) is 5.82 Å². The van der Waals surface area contributed by atoms with E-state index in [1.165, 1.54) is 43.5 Å². The molecule has 5 nitrogen and oxygen atoms in total. The molecule has 388 valence electrons. The molecule has 0 saturated heterocycles. The first-order valence-corrected chi connectivity index (χ1v) is 29.4. The summed E-state index contributed by atoms with van der Waals surface area (Å²) in [5.41, 5.74) is 10.8. The highest BCUT2D eigenvalue weighted by Gasteiger charge is 2.43. The zero-order chi connectivity index (χ0) is 54.8. The molecule has 3 heterocycles. The van der Waals surface area contributed by atoms with Gasteiger partial charge in [0.1, 0.15) is 23.1 Å². The second kappa shape index (κ2) is 19.6. The van der Waals surface area contributed by atoms with Crippen molar-refractivity contribution < 1.29 is 9.13 Å². The fourth-order valence-corrected chi connectivity index (χ4v) is 16.2. The van der Waals surface area contributed by atoms with Gasteiger partial charge in [0.05, 0.1) is 22.7 Å². The zero-order valence-corrected chi connectivity index (χ0v) is 47.5. The summed E-state index contributed by atoms with van der Waals surface area (Å²) in [7, 11) is -2.85. The maximum atomic E-state index is 15.0. The van der Waals surface area contributed by atoms with E-state index in [1.807, 2.05) is 30.5 Å². The maximum Gasteiger partial charge on any atom is 0.503 e. The van der Waals surface area contributed by atoms with Crippen molar-refractivity contribution in [3.05, 3.63) is 253 Å². The van der Waals surface area contributed by atoms with Crippen molar-refractivity contribution in [3.63, 3.8) is 0 Å². The van der Waals surface area contributed by atoms with E-state index in [0.29, 0.717) is 11.5 Å². The number of benzene rings is 9. The fraction of sp³-hybridized carbons (Fsp3) is 0.167. The van der Waals surface area contributed by atoms with Crippen molar-refractivity contribution in [1.82, 2.24) is 18.7 Å². The molecule has 12 rings (SSSR count). The Morgan fingerprint density at radius 1 is 0.456 bits per heavy atom. The second-order valence-corrected chi connectivity index (χ2v) is 27.9. The van der Waals surface area contributed by atoms with E-state index in [4.69, 9.17) is 9.72 Å². The minimum Gasteiger partial charge on any atom is -0.457 e. The Hall–Kier alpha value is -8.74. The monoisotopic (exact) mass is 1050 g/mol. The molecule has 0 atom stereocenters. The highest BCUT2D eigenvalue weighted by Crippen LogP contribution is 2.45. The Kier molecular flexibility index (Phi) is 12.7. The number of nitrogens with zero attached hydrogens (tertiary/aromatic N) is 4. The van der Waals surface area contributed by atoms with Gasteiger partial charge < -0.3 is 4.74 Å². The van der Waals surface area contributed by atoms with Crippen LogP contribution in [0.5, 0.6) is 11.5 Å². The van der Waals surface area contributed by atoms with Gasteiger partial charge in [0, 0.05) is 47.3 Å². The molecule has 1 aliphatic rings. The van der Waals surface area contributed by atoms with Crippen LogP contribution in [-0.2, 0) is 16.2 Å². The minimum atomic E-state index is -2.85. The Morgan fingerprint density at radius 3 is 1.68 bits per heavy atom. The predicted molar refractivity (Wildman–Crippen MR) is 331 cm³/mol. The fourth-order valence-electron chi connectivity index (χ4n) is 11.5. The number of hydrogen-bond donors (Lipinski definition) is 0. The first kappa shape index (κ1) is 51.0. The lowest BCUT2D eigenvalue weighted by atomic mass is 9.80. The number of halogens is 1. The molecule has 2 aromatic heterocycles. The summed E-state index contributed by atoms with van der Waals surface area (Å²) in [4.78, 5) is 5.08. The summed E-state index contributed by atoms with van der Waals surface area (Å²) in [5.74, 6) is 1.93. The average molecular weight is 1050 g/mol. The van der Waals surface area contributed by atoms with Crippen molar-refractivity contribution in [2.45, 2.75) is 78.6 Å². The van der Waals surface area contributed by atoms with Gasteiger partial charge in [-0.1, -0.05) is 196 Å². The lowest BCUT2D eigenvalue weighted by molar-refractivity contribution is 0.483.